The van der Waals surface area contributed by atoms with Gasteiger partial charge in [0.25, 0.3) is 5.91 Å². The zero-order chi connectivity index (χ0) is 11.8. The summed E-state index contributed by atoms with van der Waals surface area (Å²) in [7, 11) is 1.61. The predicted molar refractivity (Wildman–Crippen MR) is 63.4 cm³/mol. The third-order valence-corrected chi connectivity index (χ3v) is 3.07. The first-order chi connectivity index (χ1) is 7.53. The molecule has 1 saturated carbocycles. The van der Waals surface area contributed by atoms with E-state index in [9.17, 15) is 4.79 Å². The molecule has 1 aliphatic rings. The Labute approximate surface area is 95.5 Å². The van der Waals surface area contributed by atoms with E-state index in [2.05, 4.69) is 29.5 Å². The van der Waals surface area contributed by atoms with E-state index >= 15 is 0 Å². The molecular formula is C12H17N3O. The van der Waals surface area contributed by atoms with Crippen LogP contribution in [-0.4, -0.2) is 24.0 Å². The maximum atomic E-state index is 11.4. The van der Waals surface area contributed by atoms with Crippen LogP contribution >= 0.6 is 0 Å². The quantitative estimate of drug-likeness (QED) is 0.812. The van der Waals surface area contributed by atoms with Crippen molar-refractivity contribution in [3.05, 3.63) is 24.0 Å². The Balaban J connectivity index is 2.08. The second-order valence-electron chi connectivity index (χ2n) is 4.90. The highest BCUT2D eigenvalue weighted by Crippen LogP contribution is 2.46. The van der Waals surface area contributed by atoms with Crippen molar-refractivity contribution in [2.75, 3.05) is 12.4 Å². The molecule has 1 unspecified atom stereocenters. The standard InChI is InChI=1S/C12H17N3O/c1-12(2)7-10(12)15-8-4-5-14-9(6-8)11(16)13-3/h4-6,10H,7H2,1-3H3,(H,13,16)(H,14,15). The van der Waals surface area contributed by atoms with Crippen molar-refractivity contribution >= 4 is 11.6 Å². The van der Waals surface area contributed by atoms with Crippen molar-refractivity contribution in [1.82, 2.24) is 10.3 Å². The number of hydrogen-bond donors (Lipinski definition) is 2. The number of carbonyl (C=O) groups excluding carboxylic acids is 1. The zero-order valence-electron chi connectivity index (χ0n) is 9.87. The van der Waals surface area contributed by atoms with Crippen molar-refractivity contribution in [2.24, 2.45) is 5.41 Å². The Bertz CT molecular complexity index is 414. The molecule has 4 heteroatoms. The van der Waals surface area contributed by atoms with Gasteiger partial charge >= 0.3 is 0 Å². The van der Waals surface area contributed by atoms with Gasteiger partial charge in [-0.05, 0) is 24.0 Å². The summed E-state index contributed by atoms with van der Waals surface area (Å²) in [5, 5.41) is 5.97. The van der Waals surface area contributed by atoms with E-state index in [4.69, 9.17) is 0 Å². The first-order valence-corrected chi connectivity index (χ1v) is 5.47. The van der Waals surface area contributed by atoms with Gasteiger partial charge in [-0.2, -0.15) is 0 Å². The fourth-order valence-corrected chi connectivity index (χ4v) is 1.69. The number of pyridine rings is 1. The third kappa shape index (κ3) is 2.15. The van der Waals surface area contributed by atoms with Crippen molar-refractivity contribution in [1.29, 1.82) is 0 Å². The Morgan fingerprint density at radius 3 is 2.81 bits per heavy atom. The Kier molecular flexibility index (Phi) is 2.58. The van der Waals surface area contributed by atoms with Gasteiger partial charge in [-0.25, -0.2) is 0 Å². The number of amides is 1. The molecule has 1 fully saturated rings. The number of hydrogen-bond acceptors (Lipinski definition) is 3. The molecule has 4 nitrogen and oxygen atoms in total. The van der Waals surface area contributed by atoms with Crippen molar-refractivity contribution in [3.8, 4) is 0 Å². The number of anilines is 1. The van der Waals surface area contributed by atoms with Crippen molar-refractivity contribution in [3.63, 3.8) is 0 Å². The molecule has 86 valence electrons. The average Bonchev–Trinajstić information content (AvgIpc) is 2.85. The lowest BCUT2D eigenvalue weighted by molar-refractivity contribution is 0.0958. The number of aromatic nitrogens is 1. The molecule has 1 heterocycles. The van der Waals surface area contributed by atoms with Gasteiger partial charge in [0.2, 0.25) is 0 Å². The Morgan fingerprint density at radius 2 is 2.25 bits per heavy atom. The van der Waals surface area contributed by atoms with Crippen LogP contribution in [0.25, 0.3) is 0 Å². The van der Waals surface area contributed by atoms with E-state index in [1.807, 2.05) is 6.07 Å². The van der Waals surface area contributed by atoms with Crippen LogP contribution in [0.3, 0.4) is 0 Å². The normalized spacial score (nSPS) is 21.3. The van der Waals surface area contributed by atoms with Crippen LogP contribution in [0.4, 0.5) is 5.69 Å². The summed E-state index contributed by atoms with van der Waals surface area (Å²) in [6.07, 6.45) is 2.83. The maximum absolute atomic E-state index is 11.4. The lowest BCUT2D eigenvalue weighted by Crippen LogP contribution is -2.19. The molecule has 2 rings (SSSR count). The van der Waals surface area contributed by atoms with Gasteiger partial charge in [0.05, 0.1) is 0 Å². The number of carbonyl (C=O) groups is 1. The molecule has 1 aliphatic carbocycles. The predicted octanol–water partition coefficient (Wildman–Crippen LogP) is 1.65. The molecule has 1 aromatic rings. The average molecular weight is 219 g/mol. The molecule has 1 aromatic heterocycles. The van der Waals surface area contributed by atoms with E-state index in [-0.39, 0.29) is 5.91 Å². The first-order valence-electron chi connectivity index (χ1n) is 5.47. The maximum Gasteiger partial charge on any atom is 0.269 e. The van der Waals surface area contributed by atoms with Gasteiger partial charge < -0.3 is 10.6 Å². The van der Waals surface area contributed by atoms with Crippen LogP contribution in [0.1, 0.15) is 30.8 Å². The topological polar surface area (TPSA) is 54.0 Å². The van der Waals surface area contributed by atoms with E-state index in [0.29, 0.717) is 17.2 Å². The molecule has 0 aliphatic heterocycles. The summed E-state index contributed by atoms with van der Waals surface area (Å²) in [5.74, 6) is -0.154. The monoisotopic (exact) mass is 219 g/mol. The number of nitrogens with zero attached hydrogens (tertiary/aromatic N) is 1. The summed E-state index contributed by atoms with van der Waals surface area (Å²) >= 11 is 0. The zero-order valence-corrected chi connectivity index (χ0v) is 9.87. The summed E-state index contributed by atoms with van der Waals surface area (Å²) in [6.45, 7) is 4.46. The van der Waals surface area contributed by atoms with Crippen molar-refractivity contribution in [2.45, 2.75) is 26.3 Å². The van der Waals surface area contributed by atoms with Gasteiger partial charge in [-0.1, -0.05) is 13.8 Å². The minimum absolute atomic E-state index is 0.154. The molecule has 0 saturated heterocycles. The van der Waals surface area contributed by atoms with E-state index in [1.54, 1.807) is 19.3 Å². The van der Waals surface area contributed by atoms with E-state index < -0.39 is 0 Å². The van der Waals surface area contributed by atoms with Crippen LogP contribution in [0.5, 0.6) is 0 Å². The fourth-order valence-electron chi connectivity index (χ4n) is 1.69. The smallest absolute Gasteiger partial charge is 0.269 e. The molecule has 0 spiro atoms. The molecule has 0 bridgehead atoms. The molecular weight excluding hydrogens is 202 g/mol. The van der Waals surface area contributed by atoms with E-state index in [1.165, 1.54) is 6.42 Å². The van der Waals surface area contributed by atoms with Gasteiger partial charge in [-0.15, -0.1) is 0 Å². The van der Waals surface area contributed by atoms with Crippen LogP contribution in [0.15, 0.2) is 18.3 Å². The number of nitrogens with one attached hydrogen (secondary N) is 2. The molecule has 1 amide bonds. The largest absolute Gasteiger partial charge is 0.382 e. The second-order valence-corrected chi connectivity index (χ2v) is 4.90. The Hall–Kier alpha value is -1.58. The van der Waals surface area contributed by atoms with Crippen LogP contribution in [0.2, 0.25) is 0 Å². The molecule has 2 N–H and O–H groups in total. The summed E-state index contributed by atoms with van der Waals surface area (Å²) in [5.41, 5.74) is 1.78. The summed E-state index contributed by atoms with van der Waals surface area (Å²) < 4.78 is 0. The second kappa shape index (κ2) is 3.77. The number of rotatable bonds is 3. The summed E-state index contributed by atoms with van der Waals surface area (Å²) in [4.78, 5) is 15.4. The van der Waals surface area contributed by atoms with Crippen LogP contribution in [-0.2, 0) is 0 Å². The van der Waals surface area contributed by atoms with Gasteiger partial charge in [0, 0.05) is 25.0 Å². The lowest BCUT2D eigenvalue weighted by atomic mass is 10.2. The summed E-state index contributed by atoms with van der Waals surface area (Å²) in [6, 6.07) is 4.18. The fraction of sp³-hybridized carbons (Fsp3) is 0.500. The highest BCUT2D eigenvalue weighted by Gasteiger charge is 2.45. The van der Waals surface area contributed by atoms with E-state index in [0.717, 1.165) is 5.69 Å². The van der Waals surface area contributed by atoms with Gasteiger partial charge in [0.15, 0.2) is 0 Å². The van der Waals surface area contributed by atoms with Gasteiger partial charge in [-0.3, -0.25) is 9.78 Å². The highest BCUT2D eigenvalue weighted by atomic mass is 16.1. The van der Waals surface area contributed by atoms with Crippen molar-refractivity contribution < 1.29 is 4.79 Å². The highest BCUT2D eigenvalue weighted by molar-refractivity contribution is 5.92. The molecule has 16 heavy (non-hydrogen) atoms. The van der Waals surface area contributed by atoms with Crippen LogP contribution < -0.4 is 10.6 Å². The molecule has 0 aromatic carbocycles. The lowest BCUT2D eigenvalue weighted by Gasteiger charge is -2.08. The minimum Gasteiger partial charge on any atom is -0.382 e. The molecule has 1 atom stereocenters. The first kappa shape index (κ1) is 10.9. The Morgan fingerprint density at radius 1 is 1.56 bits per heavy atom. The minimum atomic E-state index is -0.154. The molecule has 0 radical (unpaired) electrons. The van der Waals surface area contributed by atoms with Crippen LogP contribution in [0, 0.1) is 5.41 Å². The SMILES string of the molecule is CNC(=O)c1cc(NC2CC2(C)C)ccn1. The van der Waals surface area contributed by atoms with Gasteiger partial charge in [0.1, 0.15) is 5.69 Å². The third-order valence-electron chi connectivity index (χ3n) is 3.07.